The summed E-state index contributed by atoms with van der Waals surface area (Å²) in [5.41, 5.74) is 0. The number of hydrogen-bond acceptors (Lipinski definition) is 15. The molecule has 3 unspecified atom stereocenters. The topological polar surface area (TPSA) is 237 Å². The minimum atomic E-state index is -4.96. The molecule has 17 nitrogen and oxygen atoms in total. The number of esters is 4. The van der Waals surface area contributed by atoms with Crippen molar-refractivity contribution in [2.24, 2.45) is 23.7 Å². The Balaban J connectivity index is 5.21. The van der Waals surface area contributed by atoms with Crippen molar-refractivity contribution in [1.82, 2.24) is 0 Å². The van der Waals surface area contributed by atoms with Crippen molar-refractivity contribution in [2.75, 3.05) is 39.6 Å². The van der Waals surface area contributed by atoms with Crippen LogP contribution in [0.3, 0.4) is 0 Å². The number of unbranched alkanes of at least 4 members (excludes halogenated alkanes) is 45. The van der Waals surface area contributed by atoms with Crippen LogP contribution in [-0.2, 0) is 65.4 Å². The van der Waals surface area contributed by atoms with E-state index in [-0.39, 0.29) is 25.7 Å². The van der Waals surface area contributed by atoms with Gasteiger partial charge in [0, 0.05) is 25.7 Å². The molecule has 0 saturated heterocycles. The highest BCUT2D eigenvalue weighted by Gasteiger charge is 2.30. The fourth-order valence-electron chi connectivity index (χ4n) is 12.8. The highest BCUT2D eigenvalue weighted by Crippen LogP contribution is 2.45. The number of aliphatic hydroxyl groups is 1. The van der Waals surface area contributed by atoms with Crippen LogP contribution in [0.25, 0.3) is 0 Å². The van der Waals surface area contributed by atoms with E-state index in [9.17, 15) is 43.2 Å². The fourth-order valence-corrected chi connectivity index (χ4v) is 14.3. The molecule has 0 amide bonds. The normalized spacial score (nSPS) is 14.3. The average molecular weight is 1490 g/mol. The zero-order valence-electron chi connectivity index (χ0n) is 67.2. The van der Waals surface area contributed by atoms with Crippen molar-refractivity contribution in [2.45, 2.75) is 446 Å². The summed E-state index contributed by atoms with van der Waals surface area (Å²) in [5, 5.41) is 10.7. The third-order valence-electron chi connectivity index (χ3n) is 19.7. The van der Waals surface area contributed by atoms with Crippen molar-refractivity contribution < 1.29 is 80.2 Å². The van der Waals surface area contributed by atoms with Crippen LogP contribution in [0, 0.1) is 23.7 Å². The molecule has 0 bridgehead atoms. The molecule has 0 aliphatic rings. The van der Waals surface area contributed by atoms with Gasteiger partial charge < -0.3 is 33.8 Å². The lowest BCUT2D eigenvalue weighted by Gasteiger charge is -2.21. The zero-order valence-corrected chi connectivity index (χ0v) is 69.0. The molecular formula is C83H162O17P2. The summed E-state index contributed by atoms with van der Waals surface area (Å²) >= 11 is 0. The molecular weight excluding hydrogens is 1330 g/mol. The maximum absolute atomic E-state index is 13.1. The number of rotatable bonds is 80. The van der Waals surface area contributed by atoms with E-state index in [1.807, 2.05) is 0 Å². The molecule has 0 heterocycles. The standard InChI is InChI=1S/C83H162O17P2/c1-9-76(8)62-54-46-41-42-48-56-64-81(86)94-70-79(100-83(88)66-58-50-40-34-26-22-18-14-16-20-24-30-36-44-52-60-74(4)5)72-98-102(91,92)96-68-77(84)67-95-101(89,90)97-71-78(69-93-80(85)63-55-47-38-32-28-27-31-37-45-53-61-75(6)7)99-82(87)65-57-49-39-33-25-21-17-13-11-10-12-15-19-23-29-35-43-51-59-73(2)3/h73-79,84H,9-72H2,1-8H3,(H,89,90)(H,91,92)/t76?,77-,78-,79-/m1/s1. The predicted molar refractivity (Wildman–Crippen MR) is 418 cm³/mol. The molecule has 0 aromatic carbocycles. The summed E-state index contributed by atoms with van der Waals surface area (Å²) in [6.45, 7) is 14.3. The van der Waals surface area contributed by atoms with Crippen molar-refractivity contribution in [3.8, 4) is 0 Å². The van der Waals surface area contributed by atoms with Crippen LogP contribution in [0.15, 0.2) is 0 Å². The van der Waals surface area contributed by atoms with Crippen LogP contribution in [0.5, 0.6) is 0 Å². The van der Waals surface area contributed by atoms with E-state index in [4.69, 9.17) is 37.0 Å². The Kier molecular flexibility index (Phi) is 70.6. The summed E-state index contributed by atoms with van der Waals surface area (Å²) in [6, 6.07) is 0. The second-order valence-electron chi connectivity index (χ2n) is 31.5. The van der Waals surface area contributed by atoms with E-state index in [1.165, 1.54) is 225 Å². The molecule has 0 rings (SSSR count). The molecule has 0 saturated carbocycles. The third kappa shape index (κ3) is 74.9. The van der Waals surface area contributed by atoms with Gasteiger partial charge in [-0.3, -0.25) is 37.3 Å². The molecule has 0 aliphatic carbocycles. The lowest BCUT2D eigenvalue weighted by Crippen LogP contribution is -2.30. The van der Waals surface area contributed by atoms with E-state index in [2.05, 4.69) is 55.4 Å². The van der Waals surface area contributed by atoms with Gasteiger partial charge in [0.15, 0.2) is 12.2 Å². The smallest absolute Gasteiger partial charge is 0.462 e. The number of phosphoric acid groups is 2. The number of aliphatic hydroxyl groups excluding tert-OH is 1. The molecule has 0 fully saturated rings. The Morgan fingerprint density at radius 2 is 0.471 bits per heavy atom. The van der Waals surface area contributed by atoms with Gasteiger partial charge >= 0.3 is 39.5 Å². The Labute approximate surface area is 626 Å². The van der Waals surface area contributed by atoms with E-state index >= 15 is 0 Å². The van der Waals surface area contributed by atoms with Gasteiger partial charge in [-0.05, 0) is 49.4 Å². The average Bonchev–Trinajstić information content (AvgIpc) is 0.974. The van der Waals surface area contributed by atoms with E-state index < -0.39 is 97.5 Å². The highest BCUT2D eigenvalue weighted by molar-refractivity contribution is 7.47. The van der Waals surface area contributed by atoms with Crippen molar-refractivity contribution in [1.29, 1.82) is 0 Å². The van der Waals surface area contributed by atoms with Crippen molar-refractivity contribution >= 4 is 39.5 Å². The molecule has 0 aliphatic heterocycles. The van der Waals surface area contributed by atoms with Crippen LogP contribution in [0.4, 0.5) is 0 Å². The first-order chi connectivity index (χ1) is 49.1. The second-order valence-corrected chi connectivity index (χ2v) is 34.4. The maximum atomic E-state index is 13.1. The fraction of sp³-hybridized carbons (Fsp3) is 0.952. The summed E-state index contributed by atoms with van der Waals surface area (Å²) < 4.78 is 68.8. The van der Waals surface area contributed by atoms with Gasteiger partial charge in [-0.15, -0.1) is 0 Å². The number of carbonyl (C=O) groups excluding carboxylic acids is 4. The first-order valence-corrected chi connectivity index (χ1v) is 45.7. The van der Waals surface area contributed by atoms with Gasteiger partial charge in [-0.25, -0.2) is 9.13 Å². The first kappa shape index (κ1) is 100. The molecule has 0 aromatic rings. The van der Waals surface area contributed by atoms with E-state index in [1.54, 1.807) is 0 Å². The number of hydrogen-bond donors (Lipinski definition) is 3. The van der Waals surface area contributed by atoms with Gasteiger partial charge in [0.05, 0.1) is 26.4 Å². The van der Waals surface area contributed by atoms with Gasteiger partial charge in [0.1, 0.15) is 19.3 Å². The second kappa shape index (κ2) is 72.0. The summed E-state index contributed by atoms with van der Waals surface area (Å²) in [6.07, 6.45) is 59.8. The SMILES string of the molecule is CCC(C)CCCCCCCCC(=O)OC[C@H](COP(=O)(O)OC[C@H](O)COP(=O)(O)OC[C@@H](COC(=O)CCCCCCCCCCCCC(C)C)OC(=O)CCCCCCCCCCCCCCCCCCCCC(C)C)OC(=O)CCCCCCCCCCCCCCCCCC(C)C. The molecule has 0 spiro atoms. The van der Waals surface area contributed by atoms with Gasteiger partial charge in [-0.1, -0.05) is 376 Å². The minimum Gasteiger partial charge on any atom is -0.462 e. The molecule has 102 heavy (non-hydrogen) atoms. The summed E-state index contributed by atoms with van der Waals surface area (Å²) in [5.74, 6) is 0.999. The van der Waals surface area contributed by atoms with Gasteiger partial charge in [0.2, 0.25) is 0 Å². The van der Waals surface area contributed by atoms with Gasteiger partial charge in [0.25, 0.3) is 0 Å². The van der Waals surface area contributed by atoms with E-state index in [0.717, 1.165) is 120 Å². The minimum absolute atomic E-state index is 0.107. The lowest BCUT2D eigenvalue weighted by molar-refractivity contribution is -0.161. The van der Waals surface area contributed by atoms with Gasteiger partial charge in [-0.2, -0.15) is 0 Å². The highest BCUT2D eigenvalue weighted by atomic mass is 31.2. The third-order valence-corrected chi connectivity index (χ3v) is 21.6. The molecule has 19 heteroatoms. The van der Waals surface area contributed by atoms with Crippen LogP contribution >= 0.6 is 15.6 Å². The lowest BCUT2D eigenvalue weighted by atomic mass is 10.00. The maximum Gasteiger partial charge on any atom is 0.472 e. The molecule has 0 aromatic heterocycles. The number of carbonyl (C=O) groups is 4. The summed E-state index contributed by atoms with van der Waals surface area (Å²) in [7, 11) is -9.92. The largest absolute Gasteiger partial charge is 0.472 e. The summed E-state index contributed by atoms with van der Waals surface area (Å²) in [4.78, 5) is 73.1. The van der Waals surface area contributed by atoms with Crippen molar-refractivity contribution in [3.05, 3.63) is 0 Å². The predicted octanol–water partition coefficient (Wildman–Crippen LogP) is 24.8. The van der Waals surface area contributed by atoms with Crippen LogP contribution < -0.4 is 0 Å². The Hall–Kier alpha value is -1.94. The zero-order chi connectivity index (χ0) is 75.3. The molecule has 6 atom stereocenters. The van der Waals surface area contributed by atoms with E-state index in [0.29, 0.717) is 25.7 Å². The Bertz CT molecular complexity index is 1990. The van der Waals surface area contributed by atoms with Crippen molar-refractivity contribution in [3.63, 3.8) is 0 Å². The molecule has 606 valence electrons. The van der Waals surface area contributed by atoms with Crippen LogP contribution in [0.1, 0.15) is 428 Å². The quantitative estimate of drug-likeness (QED) is 0.0222. The number of phosphoric ester groups is 2. The first-order valence-electron chi connectivity index (χ1n) is 42.7. The number of ether oxygens (including phenoxy) is 4. The van der Waals surface area contributed by atoms with Crippen LogP contribution in [-0.4, -0.2) is 96.7 Å². The molecule has 3 N–H and O–H groups in total. The molecule has 0 radical (unpaired) electrons. The van der Waals surface area contributed by atoms with Crippen LogP contribution in [0.2, 0.25) is 0 Å². The Morgan fingerprint density at radius 1 is 0.275 bits per heavy atom. The Morgan fingerprint density at radius 3 is 0.696 bits per heavy atom. The monoisotopic (exact) mass is 1490 g/mol.